The van der Waals surface area contributed by atoms with Crippen molar-refractivity contribution in [2.45, 2.75) is 58.7 Å². The summed E-state index contributed by atoms with van der Waals surface area (Å²) in [5.41, 5.74) is -3.73. The van der Waals surface area contributed by atoms with Crippen molar-refractivity contribution < 1.29 is 41.0 Å². The number of carbonyl (C=O) groups excluding carboxylic acids is 2. The highest BCUT2D eigenvalue weighted by atomic mass is 19.4. The first kappa shape index (κ1) is 20.6. The molecule has 0 radical (unpaired) electrons. The van der Waals surface area contributed by atoms with E-state index < -0.39 is 41.7 Å². The third-order valence-electron chi connectivity index (χ3n) is 3.16. The highest BCUT2D eigenvalue weighted by Gasteiger charge is 2.59. The molecule has 0 atom stereocenters. The Labute approximate surface area is 124 Å². The van der Waals surface area contributed by atoms with E-state index in [0.717, 1.165) is 13.8 Å². The molecule has 0 N–H and O–H groups in total. The molecule has 130 valence electrons. The maximum Gasteiger partial charge on any atom is 0.422 e. The Bertz CT molecular complexity index is 427. The molecule has 9 heteroatoms. The molecule has 0 aliphatic carbocycles. The molecule has 0 unspecified atom stereocenters. The van der Waals surface area contributed by atoms with Gasteiger partial charge in [-0.1, -0.05) is 6.92 Å². The van der Waals surface area contributed by atoms with Crippen LogP contribution in [0.2, 0.25) is 0 Å². The molecular formula is C13H19F5O4. The molecule has 0 aromatic heterocycles. The molecule has 0 spiro atoms. The van der Waals surface area contributed by atoms with Crippen LogP contribution >= 0.6 is 0 Å². The predicted molar refractivity (Wildman–Crippen MR) is 66.2 cm³/mol. The summed E-state index contributed by atoms with van der Waals surface area (Å²) in [5.74, 6) is -7.84. The SMILES string of the molecule is CCC(C)(C)C(=O)OC(C)(C)C(F)(F)C(=O)OCC(F)(F)F. The normalized spacial score (nSPS) is 13.7. The van der Waals surface area contributed by atoms with Gasteiger partial charge in [0.05, 0.1) is 5.41 Å². The van der Waals surface area contributed by atoms with Crippen LogP contribution in [0, 0.1) is 5.41 Å². The molecule has 0 aromatic rings. The van der Waals surface area contributed by atoms with Crippen LogP contribution in [0.4, 0.5) is 22.0 Å². The number of alkyl halides is 5. The van der Waals surface area contributed by atoms with Crippen molar-refractivity contribution in [1.82, 2.24) is 0 Å². The molecule has 4 nitrogen and oxygen atoms in total. The Morgan fingerprint density at radius 2 is 1.36 bits per heavy atom. The first-order chi connectivity index (χ1) is 9.57. The highest BCUT2D eigenvalue weighted by Crippen LogP contribution is 2.36. The maximum absolute atomic E-state index is 13.9. The molecule has 0 aliphatic rings. The monoisotopic (exact) mass is 334 g/mol. The van der Waals surface area contributed by atoms with Gasteiger partial charge in [-0.25, -0.2) is 4.79 Å². The average molecular weight is 334 g/mol. The highest BCUT2D eigenvalue weighted by molar-refractivity contribution is 5.81. The van der Waals surface area contributed by atoms with Crippen LogP contribution < -0.4 is 0 Å². The molecular weight excluding hydrogens is 315 g/mol. The van der Waals surface area contributed by atoms with Gasteiger partial charge in [0.15, 0.2) is 12.2 Å². The van der Waals surface area contributed by atoms with Crippen LogP contribution in [0.15, 0.2) is 0 Å². The fraction of sp³-hybridized carbons (Fsp3) is 0.846. The Morgan fingerprint density at radius 3 is 1.73 bits per heavy atom. The number of halogens is 5. The third kappa shape index (κ3) is 5.10. The average Bonchev–Trinajstić information content (AvgIpc) is 2.33. The zero-order valence-corrected chi connectivity index (χ0v) is 12.9. The van der Waals surface area contributed by atoms with Crippen LogP contribution in [0.3, 0.4) is 0 Å². The minimum Gasteiger partial charge on any atom is -0.452 e. The Hall–Kier alpha value is -1.41. The van der Waals surface area contributed by atoms with Crippen molar-refractivity contribution >= 4 is 11.9 Å². The van der Waals surface area contributed by atoms with E-state index in [2.05, 4.69) is 9.47 Å². The van der Waals surface area contributed by atoms with Gasteiger partial charge in [0.2, 0.25) is 0 Å². The van der Waals surface area contributed by atoms with Crippen molar-refractivity contribution in [3.8, 4) is 0 Å². The zero-order chi connectivity index (χ0) is 18.0. The van der Waals surface area contributed by atoms with Gasteiger partial charge in [-0.3, -0.25) is 4.79 Å². The van der Waals surface area contributed by atoms with E-state index in [1.54, 1.807) is 6.92 Å². The molecule has 0 rings (SSSR count). The van der Waals surface area contributed by atoms with E-state index in [-0.39, 0.29) is 6.42 Å². The summed E-state index contributed by atoms with van der Waals surface area (Å²) in [4.78, 5) is 23.0. The number of hydrogen-bond donors (Lipinski definition) is 0. The molecule has 0 bridgehead atoms. The van der Waals surface area contributed by atoms with Gasteiger partial charge < -0.3 is 9.47 Å². The lowest BCUT2D eigenvalue weighted by molar-refractivity contribution is -0.233. The first-order valence-corrected chi connectivity index (χ1v) is 6.42. The summed E-state index contributed by atoms with van der Waals surface area (Å²) in [6.45, 7) is 3.84. The molecule has 0 saturated carbocycles. The largest absolute Gasteiger partial charge is 0.452 e. The molecule has 0 fully saturated rings. The van der Waals surface area contributed by atoms with Gasteiger partial charge in [0.25, 0.3) is 0 Å². The Balaban J connectivity index is 5.08. The van der Waals surface area contributed by atoms with Gasteiger partial charge in [-0.2, -0.15) is 22.0 Å². The van der Waals surface area contributed by atoms with Gasteiger partial charge in [-0.15, -0.1) is 0 Å². The number of ether oxygens (including phenoxy) is 2. The van der Waals surface area contributed by atoms with Crippen molar-refractivity contribution in [1.29, 1.82) is 0 Å². The predicted octanol–water partition coefficient (Wildman–Crippen LogP) is 3.49. The van der Waals surface area contributed by atoms with E-state index in [1.807, 2.05) is 0 Å². The van der Waals surface area contributed by atoms with E-state index in [4.69, 9.17) is 0 Å². The van der Waals surface area contributed by atoms with Crippen LogP contribution in [0.5, 0.6) is 0 Å². The van der Waals surface area contributed by atoms with E-state index in [1.165, 1.54) is 13.8 Å². The molecule has 0 amide bonds. The summed E-state index contributed by atoms with van der Waals surface area (Å²) in [7, 11) is 0. The second-order valence-electron chi connectivity index (χ2n) is 5.90. The fourth-order valence-corrected chi connectivity index (χ4v) is 1.06. The van der Waals surface area contributed by atoms with Gasteiger partial charge in [0, 0.05) is 0 Å². The second-order valence-corrected chi connectivity index (χ2v) is 5.90. The lowest BCUT2D eigenvalue weighted by atomic mass is 9.90. The minimum absolute atomic E-state index is 0.284. The third-order valence-corrected chi connectivity index (χ3v) is 3.16. The number of hydrogen-bond acceptors (Lipinski definition) is 4. The second kappa shape index (κ2) is 6.37. The quantitative estimate of drug-likeness (QED) is 0.551. The molecule has 0 heterocycles. The number of esters is 2. The van der Waals surface area contributed by atoms with Crippen LogP contribution in [-0.4, -0.2) is 36.2 Å². The summed E-state index contributed by atoms with van der Waals surface area (Å²) in [6.07, 6.45) is -4.65. The summed E-state index contributed by atoms with van der Waals surface area (Å²) >= 11 is 0. The minimum atomic E-state index is -4.93. The maximum atomic E-state index is 13.9. The van der Waals surface area contributed by atoms with Crippen molar-refractivity contribution in [3.05, 3.63) is 0 Å². The summed E-state index contributed by atoms with van der Waals surface area (Å²) in [5, 5.41) is 0. The van der Waals surface area contributed by atoms with E-state index in [0.29, 0.717) is 0 Å². The lowest BCUT2D eigenvalue weighted by Crippen LogP contribution is -2.54. The number of rotatable bonds is 6. The molecule has 0 aromatic carbocycles. The Morgan fingerprint density at radius 1 is 0.909 bits per heavy atom. The van der Waals surface area contributed by atoms with Crippen LogP contribution in [0.1, 0.15) is 41.0 Å². The van der Waals surface area contributed by atoms with Crippen molar-refractivity contribution in [3.63, 3.8) is 0 Å². The van der Waals surface area contributed by atoms with Gasteiger partial charge >= 0.3 is 24.0 Å². The van der Waals surface area contributed by atoms with Gasteiger partial charge in [-0.05, 0) is 34.1 Å². The van der Waals surface area contributed by atoms with Crippen molar-refractivity contribution in [2.75, 3.05) is 6.61 Å². The smallest absolute Gasteiger partial charge is 0.422 e. The topological polar surface area (TPSA) is 52.6 Å². The fourth-order valence-electron chi connectivity index (χ4n) is 1.06. The van der Waals surface area contributed by atoms with E-state index >= 15 is 0 Å². The van der Waals surface area contributed by atoms with Crippen LogP contribution in [-0.2, 0) is 19.1 Å². The summed E-state index contributed by atoms with van der Waals surface area (Å²) < 4.78 is 71.7. The molecule has 22 heavy (non-hydrogen) atoms. The number of carbonyl (C=O) groups is 2. The van der Waals surface area contributed by atoms with Gasteiger partial charge in [0.1, 0.15) is 0 Å². The van der Waals surface area contributed by atoms with E-state index in [9.17, 15) is 31.5 Å². The summed E-state index contributed by atoms with van der Waals surface area (Å²) in [6, 6.07) is 0. The Kier molecular flexibility index (Phi) is 5.97. The lowest BCUT2D eigenvalue weighted by Gasteiger charge is -2.34. The van der Waals surface area contributed by atoms with Crippen LogP contribution in [0.25, 0.3) is 0 Å². The first-order valence-electron chi connectivity index (χ1n) is 6.42. The van der Waals surface area contributed by atoms with Crippen molar-refractivity contribution in [2.24, 2.45) is 5.41 Å². The molecule has 0 saturated heterocycles. The zero-order valence-electron chi connectivity index (χ0n) is 12.9. The standard InChI is InChI=1S/C13H19F5O4/c1-6-10(2,3)8(19)22-11(4,5)13(17,18)9(20)21-7-12(14,15)16/h6-7H2,1-5H3. The molecule has 0 aliphatic heterocycles.